The van der Waals surface area contributed by atoms with Crippen molar-refractivity contribution in [2.75, 3.05) is 12.3 Å². The van der Waals surface area contributed by atoms with Crippen LogP contribution in [0.25, 0.3) is 27.9 Å². The molecule has 0 spiro atoms. The molecule has 0 saturated carbocycles. The fourth-order valence-corrected chi connectivity index (χ4v) is 4.60. The molecular weight excluding hydrogens is 474 g/mol. The van der Waals surface area contributed by atoms with Crippen LogP contribution >= 0.6 is 11.3 Å². The number of nitrogens with zero attached hydrogens (tertiary/aromatic N) is 3. The summed E-state index contributed by atoms with van der Waals surface area (Å²) in [7, 11) is 0. The number of carbonyl (C=O) groups excluding carboxylic acids is 2. The number of para-hydroxylation sites is 2. The molecule has 0 saturated heterocycles. The van der Waals surface area contributed by atoms with Crippen molar-refractivity contribution in [2.45, 2.75) is 26.3 Å². The number of unbranched alkanes of at least 4 members (excludes halogenated alkanes) is 1. The fourth-order valence-electron chi connectivity index (χ4n) is 3.95. The highest BCUT2D eigenvalue weighted by atomic mass is 32.1. The summed E-state index contributed by atoms with van der Waals surface area (Å²) in [6, 6.07) is 18.2. The average molecular weight is 500 g/mol. The van der Waals surface area contributed by atoms with Gasteiger partial charge in [-0.1, -0.05) is 31.5 Å². The predicted octanol–water partition coefficient (Wildman–Crippen LogP) is 5.10. The van der Waals surface area contributed by atoms with Crippen molar-refractivity contribution in [3.63, 3.8) is 0 Å². The molecule has 9 heteroatoms. The molecule has 8 nitrogen and oxygen atoms in total. The van der Waals surface area contributed by atoms with Crippen molar-refractivity contribution in [1.82, 2.24) is 19.9 Å². The third kappa shape index (κ3) is 4.52. The number of amides is 1. The van der Waals surface area contributed by atoms with Crippen molar-refractivity contribution in [2.24, 2.45) is 0 Å². The van der Waals surface area contributed by atoms with Crippen LogP contribution in [0.15, 0.2) is 66.0 Å². The van der Waals surface area contributed by atoms with Crippen LogP contribution < -0.4 is 11.1 Å². The second kappa shape index (κ2) is 10.2. The van der Waals surface area contributed by atoms with Crippen molar-refractivity contribution < 1.29 is 14.3 Å². The van der Waals surface area contributed by atoms with Gasteiger partial charge in [-0.2, -0.15) is 0 Å². The van der Waals surface area contributed by atoms with Gasteiger partial charge >= 0.3 is 5.97 Å². The Hall–Kier alpha value is -4.24. The van der Waals surface area contributed by atoms with Crippen molar-refractivity contribution in [3.05, 3.63) is 82.0 Å². The number of esters is 1. The van der Waals surface area contributed by atoms with Crippen LogP contribution in [0.5, 0.6) is 0 Å². The molecular formula is C27H25N5O3S. The Kier molecular flexibility index (Phi) is 6.64. The second-order valence-corrected chi connectivity index (χ2v) is 9.31. The molecule has 0 aliphatic carbocycles. The molecule has 36 heavy (non-hydrogen) atoms. The lowest BCUT2D eigenvalue weighted by Crippen LogP contribution is -2.23. The Bertz CT molecular complexity index is 1540. The number of rotatable bonds is 8. The molecule has 0 atom stereocenters. The molecule has 0 radical (unpaired) electrons. The molecule has 182 valence electrons. The van der Waals surface area contributed by atoms with E-state index in [2.05, 4.69) is 5.32 Å². The molecule has 5 rings (SSSR count). The van der Waals surface area contributed by atoms with E-state index < -0.39 is 0 Å². The summed E-state index contributed by atoms with van der Waals surface area (Å²) in [5.74, 6) is -0.479. The number of anilines is 1. The summed E-state index contributed by atoms with van der Waals surface area (Å²) >= 11 is 1.56. The minimum atomic E-state index is -0.375. The summed E-state index contributed by atoms with van der Waals surface area (Å²) in [5, 5.41) is 4.91. The highest BCUT2D eigenvalue weighted by Crippen LogP contribution is 2.31. The molecule has 0 bridgehead atoms. The molecule has 3 aromatic heterocycles. The lowest BCUT2D eigenvalue weighted by atomic mass is 10.2. The Labute approximate surface area is 211 Å². The molecule has 5 aromatic rings. The third-order valence-corrected chi connectivity index (χ3v) is 6.70. The molecule has 3 heterocycles. The van der Waals surface area contributed by atoms with Crippen LogP contribution in [0.1, 0.15) is 45.4 Å². The zero-order valence-corrected chi connectivity index (χ0v) is 20.5. The summed E-state index contributed by atoms with van der Waals surface area (Å²) in [4.78, 5) is 36.2. The molecule has 0 aliphatic rings. The van der Waals surface area contributed by atoms with Gasteiger partial charge in [0.2, 0.25) is 0 Å². The third-order valence-electron chi connectivity index (χ3n) is 5.82. The van der Waals surface area contributed by atoms with Gasteiger partial charge in [-0.25, -0.2) is 14.8 Å². The predicted molar refractivity (Wildman–Crippen MR) is 141 cm³/mol. The largest absolute Gasteiger partial charge is 0.462 e. The number of benzene rings is 2. The Morgan fingerprint density at radius 3 is 2.47 bits per heavy atom. The minimum Gasteiger partial charge on any atom is -0.462 e. The van der Waals surface area contributed by atoms with Crippen molar-refractivity contribution in [1.29, 1.82) is 0 Å². The van der Waals surface area contributed by atoms with Crippen LogP contribution in [0.3, 0.4) is 0 Å². The molecule has 0 aliphatic heterocycles. The summed E-state index contributed by atoms with van der Waals surface area (Å²) in [6.07, 6.45) is 1.77. The first-order chi connectivity index (χ1) is 17.6. The molecule has 3 N–H and O–H groups in total. The van der Waals surface area contributed by atoms with Crippen LogP contribution in [-0.4, -0.2) is 33.0 Å². The smallest absolute Gasteiger partial charge is 0.338 e. The van der Waals surface area contributed by atoms with Gasteiger partial charge in [0.1, 0.15) is 16.9 Å². The first-order valence-corrected chi connectivity index (χ1v) is 12.6. The highest BCUT2D eigenvalue weighted by molar-refractivity contribution is 7.09. The number of hydrogen-bond acceptors (Lipinski definition) is 7. The topological polar surface area (TPSA) is 112 Å². The summed E-state index contributed by atoms with van der Waals surface area (Å²) in [6.45, 7) is 2.81. The summed E-state index contributed by atoms with van der Waals surface area (Å²) in [5.41, 5.74) is 10.2. The van der Waals surface area contributed by atoms with E-state index in [-0.39, 0.29) is 23.3 Å². The van der Waals surface area contributed by atoms with E-state index >= 15 is 0 Å². The minimum absolute atomic E-state index is 0.224. The van der Waals surface area contributed by atoms with Gasteiger partial charge in [-0.3, -0.25) is 9.36 Å². The molecule has 2 aromatic carbocycles. The Balaban J connectivity index is 1.56. The lowest BCUT2D eigenvalue weighted by molar-refractivity contribution is 0.0499. The van der Waals surface area contributed by atoms with Crippen molar-refractivity contribution >= 4 is 51.2 Å². The van der Waals surface area contributed by atoms with Gasteiger partial charge in [0.15, 0.2) is 5.65 Å². The average Bonchev–Trinajstić information content (AvgIpc) is 3.51. The van der Waals surface area contributed by atoms with Gasteiger partial charge in [0.05, 0.1) is 29.7 Å². The Morgan fingerprint density at radius 2 is 1.78 bits per heavy atom. The Morgan fingerprint density at radius 1 is 1.03 bits per heavy atom. The number of ether oxygens (including phenoxy) is 1. The maximum Gasteiger partial charge on any atom is 0.338 e. The molecule has 0 unspecified atom stereocenters. The van der Waals surface area contributed by atoms with Crippen LogP contribution in [0.2, 0.25) is 0 Å². The number of hydrogen-bond donors (Lipinski definition) is 2. The van der Waals surface area contributed by atoms with Gasteiger partial charge in [0.25, 0.3) is 5.91 Å². The standard InChI is InChI=1S/C27H25N5O3S/c1-2-3-14-35-27(34)17-10-12-18(13-11-17)32-24(28)22(26(33)29-16-19-7-6-15-36-19)23-25(32)31-21-9-5-4-8-20(21)30-23/h4-13,15H,2-3,14,16,28H2,1H3,(H,29,33). The number of nitrogens with one attached hydrogen (secondary N) is 1. The SMILES string of the molecule is CCCCOC(=O)c1ccc(-n2c(N)c(C(=O)NCc3cccs3)c3nc4ccccc4nc32)cc1. The van der Waals surface area contributed by atoms with E-state index in [0.717, 1.165) is 17.7 Å². The fraction of sp³-hybridized carbons (Fsp3) is 0.185. The zero-order valence-electron chi connectivity index (χ0n) is 19.7. The number of nitrogens with two attached hydrogens (primary N) is 1. The molecule has 0 fully saturated rings. The highest BCUT2D eigenvalue weighted by Gasteiger charge is 2.25. The summed E-state index contributed by atoms with van der Waals surface area (Å²) < 4.78 is 7.00. The van der Waals surface area contributed by atoms with Crippen LogP contribution in [-0.2, 0) is 11.3 Å². The monoisotopic (exact) mass is 499 g/mol. The number of fused-ring (bicyclic) bond motifs is 2. The maximum atomic E-state index is 13.3. The number of nitrogen functional groups attached to an aromatic ring is 1. The first kappa shape index (κ1) is 23.5. The van der Waals surface area contributed by atoms with E-state index in [1.54, 1.807) is 40.2 Å². The number of carbonyl (C=O) groups is 2. The van der Waals surface area contributed by atoms with E-state index in [4.69, 9.17) is 20.4 Å². The number of aromatic nitrogens is 3. The van der Waals surface area contributed by atoms with Gasteiger partial charge < -0.3 is 15.8 Å². The van der Waals surface area contributed by atoms with Gasteiger partial charge in [0, 0.05) is 10.6 Å². The van der Waals surface area contributed by atoms with Gasteiger partial charge in [-0.15, -0.1) is 11.3 Å². The van der Waals surface area contributed by atoms with E-state index in [1.807, 2.05) is 48.7 Å². The van der Waals surface area contributed by atoms with Crippen LogP contribution in [0, 0.1) is 0 Å². The molecule has 1 amide bonds. The van der Waals surface area contributed by atoms with Gasteiger partial charge in [-0.05, 0) is 54.3 Å². The van der Waals surface area contributed by atoms with Crippen LogP contribution in [0.4, 0.5) is 5.82 Å². The van der Waals surface area contributed by atoms with E-state index in [0.29, 0.717) is 46.6 Å². The normalized spacial score (nSPS) is 11.1. The second-order valence-electron chi connectivity index (χ2n) is 8.28. The quantitative estimate of drug-likeness (QED) is 0.227. The van der Waals surface area contributed by atoms with E-state index in [1.165, 1.54) is 0 Å². The number of thiophene rings is 1. The van der Waals surface area contributed by atoms with E-state index in [9.17, 15) is 9.59 Å². The maximum absolute atomic E-state index is 13.3. The van der Waals surface area contributed by atoms with Crippen molar-refractivity contribution in [3.8, 4) is 5.69 Å². The lowest BCUT2D eigenvalue weighted by Gasteiger charge is -2.09. The zero-order chi connectivity index (χ0) is 25.1. The first-order valence-electron chi connectivity index (χ1n) is 11.7.